The van der Waals surface area contributed by atoms with Crippen LogP contribution in [0.3, 0.4) is 0 Å². The van der Waals surface area contributed by atoms with Crippen LogP contribution in [-0.2, 0) is 25.7 Å². The molecule has 0 fully saturated rings. The molecule has 0 aliphatic carbocycles. The van der Waals surface area contributed by atoms with Crippen LogP contribution in [0.1, 0.15) is 76.3 Å². The third-order valence-corrected chi connectivity index (χ3v) is 7.67. The average molecular weight is 541 g/mol. The first kappa shape index (κ1) is 28.5. The van der Waals surface area contributed by atoms with Crippen molar-refractivity contribution >= 4 is 21.7 Å². The van der Waals surface area contributed by atoms with Crippen molar-refractivity contribution in [3.8, 4) is 0 Å². The Bertz CT molecular complexity index is 1250. The van der Waals surface area contributed by atoms with E-state index in [4.69, 9.17) is 4.74 Å². The fraction of sp³-hybridized carbons (Fsp3) is 0.462. The Hall–Kier alpha value is -3.08. The molecular formula is C26H31F3N2O5S. The van der Waals surface area contributed by atoms with E-state index in [-0.39, 0.29) is 23.4 Å². The maximum absolute atomic E-state index is 13.1. The molecule has 0 bridgehead atoms. The van der Waals surface area contributed by atoms with Crippen LogP contribution < -0.4 is 4.72 Å². The van der Waals surface area contributed by atoms with Gasteiger partial charge in [0.25, 0.3) is 10.0 Å². The van der Waals surface area contributed by atoms with Crippen molar-refractivity contribution in [3.63, 3.8) is 0 Å². The zero-order valence-electron chi connectivity index (χ0n) is 20.9. The van der Waals surface area contributed by atoms with Crippen LogP contribution in [0.15, 0.2) is 59.0 Å². The number of rotatable bonds is 10. The van der Waals surface area contributed by atoms with Crippen molar-refractivity contribution in [2.75, 3.05) is 4.72 Å². The van der Waals surface area contributed by atoms with E-state index >= 15 is 0 Å². The number of alkyl halides is 3. The minimum absolute atomic E-state index is 0.0232. The van der Waals surface area contributed by atoms with Crippen LogP contribution in [0, 0.1) is 0 Å². The molecule has 1 aromatic heterocycles. The van der Waals surface area contributed by atoms with E-state index in [9.17, 15) is 31.5 Å². The quantitative estimate of drug-likeness (QED) is 0.334. The number of hydrogen-bond acceptors (Lipinski definition) is 6. The number of carbonyl (C=O) groups is 1. The Balaban J connectivity index is 1.89. The number of benzene rings is 1. The molecule has 0 amide bonds. The first-order valence-corrected chi connectivity index (χ1v) is 13.7. The molecule has 202 valence electrons. The van der Waals surface area contributed by atoms with Crippen molar-refractivity contribution in [3.05, 3.63) is 65.1 Å². The number of halogens is 3. The van der Waals surface area contributed by atoms with Gasteiger partial charge in [0, 0.05) is 24.2 Å². The normalized spacial score (nSPS) is 16.9. The Morgan fingerprint density at radius 2 is 1.81 bits per heavy atom. The molecule has 0 unspecified atom stereocenters. The Labute approximate surface area is 214 Å². The van der Waals surface area contributed by atoms with E-state index in [1.54, 1.807) is 12.1 Å². The zero-order chi connectivity index (χ0) is 27.4. The van der Waals surface area contributed by atoms with Gasteiger partial charge in [-0.3, -0.25) is 4.72 Å². The van der Waals surface area contributed by atoms with Gasteiger partial charge in [-0.25, -0.2) is 9.78 Å². The molecule has 7 nitrogen and oxygen atoms in total. The lowest BCUT2D eigenvalue weighted by Crippen LogP contribution is -2.41. The molecule has 1 atom stereocenters. The third kappa shape index (κ3) is 6.44. The number of sulfonamides is 1. The molecule has 3 rings (SSSR count). The van der Waals surface area contributed by atoms with Crippen LogP contribution in [0.25, 0.3) is 0 Å². The van der Waals surface area contributed by atoms with Crippen molar-refractivity contribution in [1.82, 2.24) is 4.98 Å². The highest BCUT2D eigenvalue weighted by molar-refractivity contribution is 7.92. The van der Waals surface area contributed by atoms with Crippen molar-refractivity contribution in [2.45, 2.75) is 82.0 Å². The summed E-state index contributed by atoms with van der Waals surface area (Å²) in [7, 11) is -4.28. The van der Waals surface area contributed by atoms with Crippen LogP contribution >= 0.6 is 0 Å². The van der Waals surface area contributed by atoms with Crippen molar-refractivity contribution < 1.29 is 36.2 Å². The highest BCUT2D eigenvalue weighted by Gasteiger charge is 2.42. The lowest BCUT2D eigenvalue weighted by atomic mass is 9.80. The number of ether oxygens (including phenoxy) is 1. The van der Waals surface area contributed by atoms with E-state index in [2.05, 4.69) is 9.71 Å². The molecule has 2 N–H and O–H groups in total. The largest absolute Gasteiger partial charge is 0.512 e. The summed E-state index contributed by atoms with van der Waals surface area (Å²) in [4.78, 5) is 16.6. The number of anilines is 1. The second-order valence-electron chi connectivity index (χ2n) is 9.18. The molecule has 2 aromatic rings. The molecule has 0 spiro atoms. The number of aliphatic hydroxyl groups is 1. The van der Waals surface area contributed by atoms with Gasteiger partial charge in [-0.2, -0.15) is 21.6 Å². The first-order valence-electron chi connectivity index (χ1n) is 12.2. The predicted molar refractivity (Wildman–Crippen MR) is 132 cm³/mol. The van der Waals surface area contributed by atoms with E-state index in [1.807, 2.05) is 20.8 Å². The van der Waals surface area contributed by atoms with E-state index in [1.165, 1.54) is 12.1 Å². The Morgan fingerprint density at radius 3 is 2.32 bits per heavy atom. The number of nitrogens with one attached hydrogen (secondary N) is 1. The van der Waals surface area contributed by atoms with Gasteiger partial charge in [-0.1, -0.05) is 45.7 Å². The van der Waals surface area contributed by atoms with Crippen molar-refractivity contribution in [1.29, 1.82) is 0 Å². The number of nitrogens with zero attached hydrogens (tertiary/aromatic N) is 1. The van der Waals surface area contributed by atoms with Crippen LogP contribution in [0.4, 0.5) is 18.9 Å². The Kier molecular flexibility index (Phi) is 8.56. The van der Waals surface area contributed by atoms with E-state index < -0.39 is 44.3 Å². The minimum Gasteiger partial charge on any atom is -0.512 e. The fourth-order valence-corrected chi connectivity index (χ4v) is 5.78. The van der Waals surface area contributed by atoms with Gasteiger partial charge in [0.1, 0.15) is 11.4 Å². The fourth-order valence-electron chi connectivity index (χ4n) is 4.80. The topological polar surface area (TPSA) is 106 Å². The molecule has 1 aromatic carbocycles. The highest BCUT2D eigenvalue weighted by Crippen LogP contribution is 2.42. The number of cyclic esters (lactones) is 1. The first-order chi connectivity index (χ1) is 17.4. The maximum atomic E-state index is 13.1. The number of carbonyl (C=O) groups excluding carboxylic acids is 1. The molecule has 0 saturated carbocycles. The van der Waals surface area contributed by atoms with Gasteiger partial charge < -0.3 is 9.84 Å². The van der Waals surface area contributed by atoms with Gasteiger partial charge in [-0.15, -0.1) is 0 Å². The second kappa shape index (κ2) is 11.1. The number of aliphatic hydroxyl groups excluding tert-OH is 1. The molecule has 37 heavy (non-hydrogen) atoms. The van der Waals surface area contributed by atoms with Crippen molar-refractivity contribution in [2.24, 2.45) is 0 Å². The standard InChI is InChI=1S/C26H31F3N2O5S/c1-4-12-25(13-5-2)15-21(32)23(24(33)36-25)20(6-3)17-8-7-9-19(14-17)31-37(34,35)22-11-10-18(16-30-22)26(27,28)29/h7-11,14,16,20,31-32H,4-6,12-13,15H2,1-3H3/t20-/m1/s1. The molecule has 11 heteroatoms. The van der Waals surface area contributed by atoms with Crippen LogP contribution in [0.5, 0.6) is 0 Å². The maximum Gasteiger partial charge on any atom is 0.417 e. The van der Waals surface area contributed by atoms with E-state index in [0.29, 0.717) is 37.1 Å². The average Bonchev–Trinajstić information content (AvgIpc) is 2.81. The number of aromatic nitrogens is 1. The molecule has 2 heterocycles. The molecule has 1 aliphatic rings. The smallest absolute Gasteiger partial charge is 0.417 e. The Morgan fingerprint density at radius 1 is 1.14 bits per heavy atom. The van der Waals surface area contributed by atoms with Gasteiger partial charge in [0.2, 0.25) is 0 Å². The number of pyridine rings is 1. The summed E-state index contributed by atoms with van der Waals surface area (Å²) in [5, 5.41) is 10.4. The second-order valence-corrected chi connectivity index (χ2v) is 10.8. The van der Waals surface area contributed by atoms with Gasteiger partial charge in [-0.05, 0) is 49.1 Å². The summed E-state index contributed by atoms with van der Waals surface area (Å²) in [6.07, 6.45) is -0.672. The molecular weight excluding hydrogens is 509 g/mol. The summed E-state index contributed by atoms with van der Waals surface area (Å²) in [6.45, 7) is 5.81. The van der Waals surface area contributed by atoms with Crippen LogP contribution in [0.2, 0.25) is 0 Å². The highest BCUT2D eigenvalue weighted by atomic mass is 32.2. The lowest BCUT2D eigenvalue weighted by Gasteiger charge is -2.38. The lowest BCUT2D eigenvalue weighted by molar-refractivity contribution is -0.161. The monoisotopic (exact) mass is 540 g/mol. The third-order valence-electron chi connectivity index (χ3n) is 6.38. The number of esters is 1. The van der Waals surface area contributed by atoms with Crippen LogP contribution in [-0.4, -0.2) is 30.1 Å². The minimum atomic E-state index is -4.64. The number of hydrogen-bond donors (Lipinski definition) is 2. The summed E-state index contributed by atoms with van der Waals surface area (Å²) in [5.41, 5.74) is -0.949. The SMILES string of the molecule is CCCC1(CCC)CC(O)=C([C@H](CC)c2cccc(NS(=O)(=O)c3ccc(C(F)(F)F)cn3)c2)C(=O)O1. The summed E-state index contributed by atoms with van der Waals surface area (Å²) in [5.74, 6) is -1.16. The molecule has 0 radical (unpaired) electrons. The molecule has 1 aliphatic heterocycles. The predicted octanol–water partition coefficient (Wildman–Crippen LogP) is 6.49. The summed E-state index contributed by atoms with van der Waals surface area (Å²) >= 11 is 0. The summed E-state index contributed by atoms with van der Waals surface area (Å²) in [6, 6.07) is 7.70. The zero-order valence-corrected chi connectivity index (χ0v) is 21.7. The summed E-state index contributed by atoms with van der Waals surface area (Å²) < 4.78 is 72.0. The van der Waals surface area contributed by atoms with E-state index in [0.717, 1.165) is 18.9 Å². The van der Waals surface area contributed by atoms with Gasteiger partial charge >= 0.3 is 12.1 Å². The van der Waals surface area contributed by atoms with Gasteiger partial charge in [0.15, 0.2) is 5.03 Å². The molecule has 0 saturated heterocycles. The van der Waals surface area contributed by atoms with Gasteiger partial charge in [0.05, 0.1) is 11.1 Å².